The summed E-state index contributed by atoms with van der Waals surface area (Å²) in [5, 5.41) is 2.32. The van der Waals surface area contributed by atoms with E-state index < -0.39 is 0 Å². The van der Waals surface area contributed by atoms with Crippen LogP contribution in [0.3, 0.4) is 0 Å². The first-order valence-electron chi connectivity index (χ1n) is 5.73. The molecule has 2 rings (SSSR count). The van der Waals surface area contributed by atoms with Crippen molar-refractivity contribution < 1.29 is 0 Å². The second kappa shape index (κ2) is 4.06. The summed E-state index contributed by atoms with van der Waals surface area (Å²) in [6.07, 6.45) is 5.69. The van der Waals surface area contributed by atoms with Gasteiger partial charge in [0.25, 0.3) is 0 Å². The fraction of sp³-hybridized carbons (Fsp3) is 0.692. The first-order valence-corrected chi connectivity index (χ1v) is 6.61. The van der Waals surface area contributed by atoms with Crippen molar-refractivity contribution in [3.63, 3.8) is 0 Å². The van der Waals surface area contributed by atoms with E-state index in [4.69, 9.17) is 0 Å². The zero-order valence-corrected chi connectivity index (χ0v) is 10.3. The molecular formula is C13H20S. The lowest BCUT2D eigenvalue weighted by atomic mass is 9.78. The Morgan fingerprint density at radius 2 is 1.79 bits per heavy atom. The molecule has 14 heavy (non-hydrogen) atoms. The van der Waals surface area contributed by atoms with Gasteiger partial charge in [-0.15, -0.1) is 11.3 Å². The molecule has 1 aromatic rings. The highest BCUT2D eigenvalue weighted by Gasteiger charge is 2.22. The van der Waals surface area contributed by atoms with Crippen LogP contribution in [0.4, 0.5) is 0 Å². The Hall–Kier alpha value is -0.300. The van der Waals surface area contributed by atoms with Gasteiger partial charge >= 0.3 is 0 Å². The van der Waals surface area contributed by atoms with Gasteiger partial charge in [0.2, 0.25) is 0 Å². The van der Waals surface area contributed by atoms with Crippen LogP contribution in [0, 0.1) is 19.8 Å². The monoisotopic (exact) mass is 208 g/mol. The van der Waals surface area contributed by atoms with Gasteiger partial charge in [0, 0.05) is 4.88 Å². The van der Waals surface area contributed by atoms with Gasteiger partial charge in [-0.05, 0) is 55.0 Å². The molecule has 1 heteroatoms. The van der Waals surface area contributed by atoms with Gasteiger partial charge in [0.1, 0.15) is 0 Å². The average Bonchev–Trinajstić information content (AvgIpc) is 2.49. The maximum Gasteiger partial charge on any atom is 0.00517 e. The van der Waals surface area contributed by atoms with Gasteiger partial charge in [-0.3, -0.25) is 0 Å². The minimum absolute atomic E-state index is 0.873. The van der Waals surface area contributed by atoms with Crippen LogP contribution in [0.25, 0.3) is 0 Å². The third-order valence-corrected chi connectivity index (χ3v) is 4.69. The first kappa shape index (κ1) is 10.2. The SMILES string of the molecule is Cc1csc(C)c1C1CCC(C)CC1. The molecule has 78 valence electrons. The standard InChI is InChI=1S/C13H20S/c1-9-4-6-12(7-5-9)13-10(2)8-14-11(13)3/h8-9,12H,4-7H2,1-3H3. The van der Waals surface area contributed by atoms with E-state index in [1.54, 1.807) is 10.4 Å². The molecule has 0 saturated heterocycles. The van der Waals surface area contributed by atoms with E-state index in [1.165, 1.54) is 31.2 Å². The minimum atomic E-state index is 0.873. The molecule has 0 N–H and O–H groups in total. The summed E-state index contributed by atoms with van der Waals surface area (Å²) in [4.78, 5) is 1.56. The zero-order chi connectivity index (χ0) is 10.1. The van der Waals surface area contributed by atoms with Crippen LogP contribution < -0.4 is 0 Å². The number of aryl methyl sites for hydroxylation is 2. The molecule has 0 amide bonds. The number of thiophene rings is 1. The molecule has 0 aromatic carbocycles. The van der Waals surface area contributed by atoms with Crippen molar-refractivity contribution in [3.05, 3.63) is 21.4 Å². The van der Waals surface area contributed by atoms with Crippen molar-refractivity contribution >= 4 is 11.3 Å². The fourth-order valence-corrected chi connectivity index (χ4v) is 3.67. The fourth-order valence-electron chi connectivity index (χ4n) is 2.74. The maximum absolute atomic E-state index is 2.39. The van der Waals surface area contributed by atoms with E-state index in [1.807, 2.05) is 11.3 Å². The predicted octanol–water partition coefficient (Wildman–Crippen LogP) is 4.66. The zero-order valence-electron chi connectivity index (χ0n) is 9.47. The van der Waals surface area contributed by atoms with Gasteiger partial charge < -0.3 is 0 Å². The van der Waals surface area contributed by atoms with E-state index in [2.05, 4.69) is 26.2 Å². The highest BCUT2D eigenvalue weighted by molar-refractivity contribution is 7.10. The molecule has 0 atom stereocenters. The Balaban J connectivity index is 2.15. The predicted molar refractivity (Wildman–Crippen MR) is 64.2 cm³/mol. The minimum Gasteiger partial charge on any atom is -0.149 e. The van der Waals surface area contributed by atoms with E-state index in [0.717, 1.165) is 11.8 Å². The quantitative estimate of drug-likeness (QED) is 0.629. The van der Waals surface area contributed by atoms with Crippen LogP contribution in [-0.4, -0.2) is 0 Å². The van der Waals surface area contributed by atoms with Crippen molar-refractivity contribution in [2.24, 2.45) is 5.92 Å². The van der Waals surface area contributed by atoms with Gasteiger partial charge in [0.05, 0.1) is 0 Å². The third kappa shape index (κ3) is 1.88. The third-order valence-electron chi connectivity index (χ3n) is 3.64. The Bertz CT molecular complexity index is 284. The average molecular weight is 208 g/mol. The van der Waals surface area contributed by atoms with E-state index in [9.17, 15) is 0 Å². The van der Waals surface area contributed by atoms with Crippen molar-refractivity contribution in [2.75, 3.05) is 0 Å². The maximum atomic E-state index is 2.39. The lowest BCUT2D eigenvalue weighted by Crippen LogP contribution is -2.11. The summed E-state index contributed by atoms with van der Waals surface area (Å²) < 4.78 is 0. The molecule has 0 spiro atoms. The number of hydrogen-bond donors (Lipinski definition) is 0. The molecule has 1 aliphatic rings. The smallest absolute Gasteiger partial charge is 0.00517 e. The van der Waals surface area contributed by atoms with Crippen LogP contribution >= 0.6 is 11.3 Å². The topological polar surface area (TPSA) is 0 Å². The van der Waals surface area contributed by atoms with Crippen molar-refractivity contribution in [1.29, 1.82) is 0 Å². The first-order chi connectivity index (χ1) is 6.68. The van der Waals surface area contributed by atoms with Crippen LogP contribution in [0.5, 0.6) is 0 Å². The largest absolute Gasteiger partial charge is 0.149 e. The molecule has 0 aliphatic heterocycles. The van der Waals surface area contributed by atoms with Crippen LogP contribution in [0.2, 0.25) is 0 Å². The number of hydrogen-bond acceptors (Lipinski definition) is 1. The molecule has 1 aromatic heterocycles. The van der Waals surface area contributed by atoms with E-state index in [0.29, 0.717) is 0 Å². The molecule has 0 bridgehead atoms. The summed E-state index contributed by atoms with van der Waals surface area (Å²) >= 11 is 1.93. The summed E-state index contributed by atoms with van der Waals surface area (Å²) in [6.45, 7) is 6.95. The van der Waals surface area contributed by atoms with Crippen LogP contribution in [0.15, 0.2) is 5.38 Å². The Labute approximate surface area is 91.4 Å². The molecule has 1 fully saturated rings. The molecular weight excluding hydrogens is 188 g/mol. The van der Waals surface area contributed by atoms with E-state index in [-0.39, 0.29) is 0 Å². The summed E-state index contributed by atoms with van der Waals surface area (Å²) in [5.74, 6) is 1.84. The molecule has 0 nitrogen and oxygen atoms in total. The molecule has 1 saturated carbocycles. The van der Waals surface area contributed by atoms with Gasteiger partial charge in [-0.25, -0.2) is 0 Å². The van der Waals surface area contributed by atoms with Gasteiger partial charge in [0.15, 0.2) is 0 Å². The Kier molecular flexibility index (Phi) is 2.96. The van der Waals surface area contributed by atoms with Gasteiger partial charge in [-0.1, -0.05) is 19.8 Å². The lowest BCUT2D eigenvalue weighted by molar-refractivity contribution is 0.347. The van der Waals surface area contributed by atoms with Crippen LogP contribution in [0.1, 0.15) is 54.5 Å². The van der Waals surface area contributed by atoms with Gasteiger partial charge in [-0.2, -0.15) is 0 Å². The summed E-state index contributed by atoms with van der Waals surface area (Å²) in [7, 11) is 0. The highest BCUT2D eigenvalue weighted by atomic mass is 32.1. The second-order valence-electron chi connectivity index (χ2n) is 4.85. The Morgan fingerprint density at radius 1 is 1.14 bits per heavy atom. The second-order valence-corrected chi connectivity index (χ2v) is 5.93. The summed E-state index contributed by atoms with van der Waals surface area (Å²) in [5.41, 5.74) is 3.22. The Morgan fingerprint density at radius 3 is 2.29 bits per heavy atom. The molecule has 0 unspecified atom stereocenters. The van der Waals surface area contributed by atoms with Crippen molar-refractivity contribution in [2.45, 2.75) is 52.4 Å². The molecule has 1 aliphatic carbocycles. The highest BCUT2D eigenvalue weighted by Crippen LogP contribution is 2.39. The van der Waals surface area contributed by atoms with Crippen molar-refractivity contribution in [1.82, 2.24) is 0 Å². The van der Waals surface area contributed by atoms with Crippen molar-refractivity contribution in [3.8, 4) is 0 Å². The van der Waals surface area contributed by atoms with E-state index >= 15 is 0 Å². The lowest BCUT2D eigenvalue weighted by Gasteiger charge is -2.27. The molecule has 1 heterocycles. The molecule has 0 radical (unpaired) electrons. The van der Waals surface area contributed by atoms with Crippen LogP contribution in [-0.2, 0) is 0 Å². The normalized spacial score (nSPS) is 27.9. The number of rotatable bonds is 1. The summed E-state index contributed by atoms with van der Waals surface area (Å²) in [6, 6.07) is 0.